The number of hydrogen-bond donors (Lipinski definition) is 0. The van der Waals surface area contributed by atoms with E-state index in [2.05, 4.69) is 0 Å². The van der Waals surface area contributed by atoms with E-state index in [-0.39, 0.29) is 0 Å². The number of methoxy groups -OCH3 is 1. The average molecular weight is 244 g/mol. The van der Waals surface area contributed by atoms with Gasteiger partial charge in [0.25, 0.3) is 0 Å². The van der Waals surface area contributed by atoms with Crippen LogP contribution in [0.3, 0.4) is 0 Å². The molecule has 2 heterocycles. The molecule has 2 aliphatic rings. The summed E-state index contributed by atoms with van der Waals surface area (Å²) < 4.78 is 16.6. The molecular formula is C15H16O3. The number of allylic oxidation sites excluding steroid dienone is 1. The minimum atomic E-state index is -0.488. The van der Waals surface area contributed by atoms with Crippen LogP contribution in [-0.4, -0.2) is 19.5 Å². The highest BCUT2D eigenvalue weighted by Gasteiger charge is 2.38. The summed E-state index contributed by atoms with van der Waals surface area (Å²) in [7, 11) is 1.66. The fourth-order valence-corrected chi connectivity index (χ4v) is 2.27. The van der Waals surface area contributed by atoms with Gasteiger partial charge in [0.1, 0.15) is 11.5 Å². The van der Waals surface area contributed by atoms with Crippen LogP contribution in [0, 0.1) is 0 Å². The summed E-state index contributed by atoms with van der Waals surface area (Å²) >= 11 is 0. The number of ether oxygens (including phenoxy) is 3. The number of hydrogen-bond acceptors (Lipinski definition) is 3. The molecule has 1 unspecified atom stereocenters. The second-order valence-electron chi connectivity index (χ2n) is 4.52. The van der Waals surface area contributed by atoms with Crippen molar-refractivity contribution in [2.75, 3.05) is 13.7 Å². The van der Waals surface area contributed by atoms with E-state index in [0.717, 1.165) is 36.5 Å². The normalized spacial score (nSPS) is 27.9. The van der Waals surface area contributed by atoms with Crippen molar-refractivity contribution in [1.29, 1.82) is 0 Å². The third kappa shape index (κ3) is 2.14. The molecule has 1 fully saturated rings. The van der Waals surface area contributed by atoms with Crippen LogP contribution in [0.5, 0.6) is 5.75 Å². The number of benzene rings is 1. The zero-order chi connectivity index (χ0) is 12.4. The lowest BCUT2D eigenvalue weighted by Gasteiger charge is -2.20. The molecule has 3 heteroatoms. The van der Waals surface area contributed by atoms with Crippen LogP contribution < -0.4 is 4.74 Å². The zero-order valence-electron chi connectivity index (χ0n) is 10.4. The van der Waals surface area contributed by atoms with Crippen molar-refractivity contribution in [2.24, 2.45) is 0 Å². The molecule has 1 aromatic rings. The van der Waals surface area contributed by atoms with E-state index < -0.39 is 5.79 Å². The first-order valence-corrected chi connectivity index (χ1v) is 6.18. The quantitative estimate of drug-likeness (QED) is 0.800. The zero-order valence-corrected chi connectivity index (χ0v) is 10.4. The Labute approximate surface area is 107 Å². The van der Waals surface area contributed by atoms with Crippen molar-refractivity contribution in [1.82, 2.24) is 0 Å². The Morgan fingerprint density at radius 2 is 2.11 bits per heavy atom. The monoisotopic (exact) mass is 244 g/mol. The molecule has 1 saturated heterocycles. The summed E-state index contributed by atoms with van der Waals surface area (Å²) in [5.74, 6) is 1.22. The lowest BCUT2D eigenvalue weighted by atomic mass is 10.2. The summed E-state index contributed by atoms with van der Waals surface area (Å²) in [5, 5.41) is 0. The second-order valence-corrected chi connectivity index (χ2v) is 4.52. The van der Waals surface area contributed by atoms with Gasteiger partial charge in [0.15, 0.2) is 0 Å². The molecule has 1 aromatic carbocycles. The van der Waals surface area contributed by atoms with Crippen LogP contribution in [0.25, 0.3) is 6.08 Å². The first kappa shape index (κ1) is 11.4. The minimum absolute atomic E-state index is 0.488. The lowest BCUT2D eigenvalue weighted by Crippen LogP contribution is -2.24. The Kier molecular flexibility index (Phi) is 2.84. The summed E-state index contributed by atoms with van der Waals surface area (Å²) in [5.41, 5.74) is 1.09. The summed E-state index contributed by atoms with van der Waals surface area (Å²) in [6, 6.07) is 7.88. The van der Waals surface area contributed by atoms with Gasteiger partial charge >= 0.3 is 0 Å². The SMILES string of the molecule is COc1ccc(C=C2C=CC3(CCCO3)O2)cc1. The van der Waals surface area contributed by atoms with Crippen LogP contribution in [0.4, 0.5) is 0 Å². The fraction of sp³-hybridized carbons (Fsp3) is 0.333. The van der Waals surface area contributed by atoms with Crippen molar-refractivity contribution >= 4 is 6.08 Å². The Hall–Kier alpha value is -1.74. The van der Waals surface area contributed by atoms with Crippen LogP contribution in [-0.2, 0) is 9.47 Å². The average Bonchev–Trinajstić information content (AvgIpc) is 3.02. The predicted molar refractivity (Wildman–Crippen MR) is 69.1 cm³/mol. The maximum atomic E-state index is 5.87. The van der Waals surface area contributed by atoms with Gasteiger partial charge < -0.3 is 14.2 Å². The second kappa shape index (κ2) is 4.50. The van der Waals surface area contributed by atoms with Gasteiger partial charge in [-0.25, -0.2) is 0 Å². The van der Waals surface area contributed by atoms with E-state index in [9.17, 15) is 0 Å². The van der Waals surface area contributed by atoms with Crippen LogP contribution in [0.1, 0.15) is 18.4 Å². The molecule has 3 rings (SSSR count). The molecule has 1 atom stereocenters. The highest BCUT2D eigenvalue weighted by atomic mass is 16.7. The van der Waals surface area contributed by atoms with Crippen LogP contribution >= 0.6 is 0 Å². The van der Waals surface area contributed by atoms with Crippen molar-refractivity contribution in [2.45, 2.75) is 18.6 Å². The van der Waals surface area contributed by atoms with E-state index in [1.54, 1.807) is 7.11 Å². The number of rotatable bonds is 2. The standard InChI is InChI=1S/C15H16O3/c1-16-13-5-3-12(4-6-13)11-14-7-9-15(18-14)8-2-10-17-15/h3-7,9,11H,2,8,10H2,1H3. The molecule has 0 radical (unpaired) electrons. The van der Waals surface area contributed by atoms with Crippen molar-refractivity contribution in [3.05, 3.63) is 47.7 Å². The van der Waals surface area contributed by atoms with Crippen LogP contribution in [0.2, 0.25) is 0 Å². The smallest absolute Gasteiger partial charge is 0.230 e. The Morgan fingerprint density at radius 1 is 1.28 bits per heavy atom. The minimum Gasteiger partial charge on any atom is -0.497 e. The van der Waals surface area contributed by atoms with E-state index in [4.69, 9.17) is 14.2 Å². The van der Waals surface area contributed by atoms with Gasteiger partial charge in [0.2, 0.25) is 5.79 Å². The Morgan fingerprint density at radius 3 is 2.78 bits per heavy atom. The van der Waals surface area contributed by atoms with E-state index in [1.165, 1.54) is 0 Å². The Balaban J connectivity index is 1.75. The first-order valence-electron chi connectivity index (χ1n) is 6.18. The molecule has 0 amide bonds. The summed E-state index contributed by atoms with van der Waals surface area (Å²) in [6.07, 6.45) is 7.99. The predicted octanol–water partition coefficient (Wildman–Crippen LogP) is 3.13. The molecule has 0 N–H and O–H groups in total. The van der Waals surface area contributed by atoms with E-state index in [1.807, 2.05) is 42.5 Å². The maximum absolute atomic E-state index is 5.87. The third-order valence-corrected chi connectivity index (χ3v) is 3.23. The highest BCUT2D eigenvalue weighted by molar-refractivity contribution is 5.56. The molecule has 1 spiro atoms. The topological polar surface area (TPSA) is 27.7 Å². The van der Waals surface area contributed by atoms with Crippen molar-refractivity contribution in [3.63, 3.8) is 0 Å². The third-order valence-electron chi connectivity index (χ3n) is 3.23. The maximum Gasteiger partial charge on any atom is 0.230 e. The molecule has 3 nitrogen and oxygen atoms in total. The lowest BCUT2D eigenvalue weighted by molar-refractivity contribution is -0.135. The van der Waals surface area contributed by atoms with Crippen LogP contribution in [0.15, 0.2) is 42.2 Å². The molecule has 0 aromatic heterocycles. The molecule has 0 bridgehead atoms. The summed E-state index contributed by atoms with van der Waals surface area (Å²) in [6.45, 7) is 0.778. The summed E-state index contributed by atoms with van der Waals surface area (Å²) in [4.78, 5) is 0. The fourth-order valence-electron chi connectivity index (χ4n) is 2.27. The largest absolute Gasteiger partial charge is 0.497 e. The van der Waals surface area contributed by atoms with E-state index >= 15 is 0 Å². The molecule has 18 heavy (non-hydrogen) atoms. The van der Waals surface area contributed by atoms with Gasteiger partial charge in [0.05, 0.1) is 13.7 Å². The van der Waals surface area contributed by atoms with Gasteiger partial charge in [-0.1, -0.05) is 12.1 Å². The van der Waals surface area contributed by atoms with Gasteiger partial charge in [-0.15, -0.1) is 0 Å². The highest BCUT2D eigenvalue weighted by Crippen LogP contribution is 2.36. The van der Waals surface area contributed by atoms with Gasteiger partial charge in [-0.2, -0.15) is 0 Å². The van der Waals surface area contributed by atoms with E-state index in [0.29, 0.717) is 0 Å². The molecule has 0 saturated carbocycles. The molecule has 0 aliphatic carbocycles. The van der Waals surface area contributed by atoms with Crippen molar-refractivity contribution in [3.8, 4) is 5.75 Å². The molecule has 94 valence electrons. The first-order chi connectivity index (χ1) is 8.80. The van der Waals surface area contributed by atoms with Crippen molar-refractivity contribution < 1.29 is 14.2 Å². The Bertz CT molecular complexity index is 479. The van der Waals surface area contributed by atoms with Gasteiger partial charge in [-0.05, 0) is 42.3 Å². The van der Waals surface area contributed by atoms with Gasteiger partial charge in [-0.3, -0.25) is 0 Å². The molecule has 2 aliphatic heterocycles. The molecular weight excluding hydrogens is 228 g/mol. The van der Waals surface area contributed by atoms with Gasteiger partial charge in [0, 0.05) is 6.42 Å².